The topological polar surface area (TPSA) is 23.8 Å². The van der Waals surface area contributed by atoms with E-state index in [1.54, 1.807) is 17.2 Å². The van der Waals surface area contributed by atoms with Gasteiger partial charge in [-0.3, -0.25) is 0 Å². The highest BCUT2D eigenvalue weighted by atomic mass is 35.5. The predicted molar refractivity (Wildman–Crippen MR) is 111 cm³/mol. The lowest BCUT2D eigenvalue weighted by Gasteiger charge is -2.27. The molecule has 0 spiro atoms. The number of allylic oxidation sites excluding steroid dienone is 2. The van der Waals surface area contributed by atoms with Crippen LogP contribution in [-0.2, 0) is 5.41 Å². The van der Waals surface area contributed by atoms with Gasteiger partial charge in [0.05, 0.1) is 21.3 Å². The number of thioether (sulfide) groups is 2. The molecule has 2 aromatic rings. The van der Waals surface area contributed by atoms with Gasteiger partial charge < -0.3 is 0 Å². The molecule has 1 heterocycles. The molecular weight excluding hydrogens is 366 g/mol. The molecule has 3 rings (SSSR count). The van der Waals surface area contributed by atoms with Crippen LogP contribution in [0.15, 0.2) is 81.3 Å². The van der Waals surface area contributed by atoms with E-state index in [0.29, 0.717) is 5.02 Å². The summed E-state index contributed by atoms with van der Waals surface area (Å²) in [6, 6.07) is 20.4. The van der Waals surface area contributed by atoms with Crippen LogP contribution in [0, 0.1) is 11.3 Å². The van der Waals surface area contributed by atoms with Crippen LogP contribution in [-0.4, -0.2) is 0 Å². The summed E-state index contributed by atoms with van der Waals surface area (Å²) in [5.41, 5.74) is 2.44. The van der Waals surface area contributed by atoms with Crippen molar-refractivity contribution >= 4 is 41.2 Å². The molecule has 1 aliphatic heterocycles. The fraction of sp³-hybridized carbons (Fsp3) is 0.0952. The molecule has 1 nitrogen and oxygen atoms in total. The molecule has 2 aromatic carbocycles. The Morgan fingerprint density at radius 2 is 1.84 bits per heavy atom. The molecular formula is C21H16ClNS2. The van der Waals surface area contributed by atoms with Gasteiger partial charge in [-0.05, 0) is 41.7 Å². The molecule has 0 fully saturated rings. The summed E-state index contributed by atoms with van der Waals surface area (Å²) < 4.78 is 0.983. The van der Waals surface area contributed by atoms with E-state index in [0.717, 1.165) is 25.8 Å². The Hall–Kier alpha value is -1.86. The van der Waals surface area contributed by atoms with Crippen molar-refractivity contribution in [1.82, 2.24) is 0 Å². The first-order valence-corrected chi connectivity index (χ1v) is 9.80. The first-order valence-electron chi connectivity index (χ1n) is 7.73. The van der Waals surface area contributed by atoms with Crippen molar-refractivity contribution in [2.45, 2.75) is 12.3 Å². The number of rotatable bonds is 4. The summed E-state index contributed by atoms with van der Waals surface area (Å²) >= 11 is 9.21. The Labute approximate surface area is 162 Å². The second-order valence-electron chi connectivity index (χ2n) is 5.71. The normalized spacial score (nSPS) is 21.4. The molecule has 0 radical (unpaired) electrons. The zero-order valence-electron chi connectivity index (χ0n) is 13.7. The zero-order chi connectivity index (χ0) is 17.9. The summed E-state index contributed by atoms with van der Waals surface area (Å²) in [6.07, 6.45) is 2.16. The van der Waals surface area contributed by atoms with Crippen molar-refractivity contribution in [2.24, 2.45) is 0 Å². The summed E-state index contributed by atoms with van der Waals surface area (Å²) in [5, 5.41) is 12.3. The minimum Gasteiger partial charge on any atom is -0.193 e. The number of benzene rings is 2. The maximum absolute atomic E-state index is 9.88. The van der Waals surface area contributed by atoms with Gasteiger partial charge >= 0.3 is 0 Å². The fourth-order valence-electron chi connectivity index (χ4n) is 2.84. The molecule has 0 aliphatic carbocycles. The van der Waals surface area contributed by atoms with Gasteiger partial charge in [0.25, 0.3) is 0 Å². The molecule has 0 aromatic heterocycles. The lowest BCUT2D eigenvalue weighted by Crippen LogP contribution is -2.22. The van der Waals surface area contributed by atoms with Gasteiger partial charge in [-0.25, -0.2) is 0 Å². The van der Waals surface area contributed by atoms with Crippen molar-refractivity contribution in [2.75, 3.05) is 0 Å². The van der Waals surface area contributed by atoms with Gasteiger partial charge in [-0.1, -0.05) is 84.2 Å². The van der Waals surface area contributed by atoms with Crippen molar-refractivity contribution in [3.63, 3.8) is 0 Å². The third kappa shape index (κ3) is 3.43. The van der Waals surface area contributed by atoms with E-state index >= 15 is 0 Å². The Morgan fingerprint density at radius 3 is 2.44 bits per heavy atom. The van der Waals surface area contributed by atoms with Crippen molar-refractivity contribution in [1.29, 1.82) is 5.26 Å². The Bertz CT molecular complexity index is 892. The second kappa shape index (κ2) is 7.58. The van der Waals surface area contributed by atoms with Crippen molar-refractivity contribution < 1.29 is 0 Å². The van der Waals surface area contributed by atoms with Crippen LogP contribution in [0.25, 0.3) is 6.08 Å². The number of hydrogen-bond acceptors (Lipinski definition) is 3. The predicted octanol–water partition coefficient (Wildman–Crippen LogP) is 7.00. The lowest BCUT2D eigenvalue weighted by molar-refractivity contribution is 0.725. The largest absolute Gasteiger partial charge is 0.193 e. The minimum atomic E-state index is -0.495. The third-order valence-corrected chi connectivity index (χ3v) is 6.73. The molecule has 124 valence electrons. The van der Waals surface area contributed by atoms with Crippen molar-refractivity contribution in [3.8, 4) is 6.07 Å². The van der Waals surface area contributed by atoms with Crippen LogP contribution >= 0.6 is 35.1 Å². The van der Waals surface area contributed by atoms with Crippen LogP contribution in [0.5, 0.6) is 0 Å². The SMILES string of the molecule is C=CSC1=C(C#N)C(C)(c2ccc(Cl)cc2)/C(=C/c2ccccc2)S1. The average molecular weight is 382 g/mol. The number of nitrogens with zero attached hydrogens (tertiary/aromatic N) is 1. The molecule has 0 saturated carbocycles. The van der Waals surface area contributed by atoms with Crippen LogP contribution in [0.1, 0.15) is 18.1 Å². The lowest BCUT2D eigenvalue weighted by atomic mass is 9.76. The van der Waals surface area contributed by atoms with Crippen LogP contribution in [0.4, 0.5) is 0 Å². The van der Waals surface area contributed by atoms with Gasteiger partial charge in [0.2, 0.25) is 0 Å². The van der Waals surface area contributed by atoms with E-state index in [-0.39, 0.29) is 0 Å². The van der Waals surface area contributed by atoms with Gasteiger partial charge in [-0.15, -0.1) is 0 Å². The fourth-order valence-corrected chi connectivity index (χ4v) is 5.32. The van der Waals surface area contributed by atoms with Gasteiger partial charge in [0.1, 0.15) is 0 Å². The van der Waals surface area contributed by atoms with E-state index in [9.17, 15) is 5.26 Å². The van der Waals surface area contributed by atoms with Crippen LogP contribution in [0.2, 0.25) is 5.02 Å². The van der Waals surface area contributed by atoms with Crippen LogP contribution in [0.3, 0.4) is 0 Å². The van der Waals surface area contributed by atoms with Crippen LogP contribution < -0.4 is 0 Å². The third-order valence-electron chi connectivity index (χ3n) is 4.22. The van der Waals surface area contributed by atoms with E-state index in [1.807, 2.05) is 42.5 Å². The zero-order valence-corrected chi connectivity index (χ0v) is 16.1. The van der Waals surface area contributed by atoms with Gasteiger partial charge in [0, 0.05) is 9.93 Å². The number of halogens is 1. The molecule has 4 heteroatoms. The number of hydrogen-bond donors (Lipinski definition) is 0. The monoisotopic (exact) mass is 381 g/mol. The van der Waals surface area contributed by atoms with E-state index in [2.05, 4.69) is 37.8 Å². The molecule has 0 saturated heterocycles. The molecule has 1 atom stereocenters. The molecule has 1 aliphatic rings. The second-order valence-corrected chi connectivity index (χ2v) is 8.44. The first kappa shape index (κ1) is 17.9. The Balaban J connectivity index is 2.19. The summed E-state index contributed by atoms with van der Waals surface area (Å²) in [5.74, 6) is 0. The quantitative estimate of drug-likeness (QED) is 0.569. The Morgan fingerprint density at radius 1 is 1.16 bits per heavy atom. The van der Waals surface area contributed by atoms with Crippen molar-refractivity contribution in [3.05, 3.63) is 97.4 Å². The van der Waals surface area contributed by atoms with Gasteiger partial charge in [-0.2, -0.15) is 5.26 Å². The highest BCUT2D eigenvalue weighted by Crippen LogP contribution is 2.58. The molecule has 0 N–H and O–H groups in total. The summed E-state index contributed by atoms with van der Waals surface area (Å²) in [4.78, 5) is 1.13. The molecule has 1 unspecified atom stereocenters. The van der Waals surface area contributed by atoms with Gasteiger partial charge in [0.15, 0.2) is 0 Å². The molecule has 0 bridgehead atoms. The van der Waals surface area contributed by atoms with E-state index in [4.69, 9.17) is 11.6 Å². The smallest absolute Gasteiger partial charge is 0.0978 e. The van der Waals surface area contributed by atoms with E-state index < -0.39 is 5.41 Å². The number of nitriles is 1. The first-order chi connectivity index (χ1) is 12.1. The maximum atomic E-state index is 9.88. The molecule has 25 heavy (non-hydrogen) atoms. The highest BCUT2D eigenvalue weighted by molar-refractivity contribution is 8.25. The summed E-state index contributed by atoms with van der Waals surface area (Å²) in [6.45, 7) is 5.91. The maximum Gasteiger partial charge on any atom is 0.0978 e. The molecule has 0 amide bonds. The average Bonchev–Trinajstić information content (AvgIpc) is 2.89. The standard InChI is InChI=1S/C21H16ClNS2/c1-3-24-20-18(14-23)21(2,16-9-11-17(22)12-10-16)19(25-20)13-15-7-5-4-6-8-15/h3-13H,1H2,2H3/b19-13-. The minimum absolute atomic E-state index is 0.495. The summed E-state index contributed by atoms with van der Waals surface area (Å²) in [7, 11) is 0. The highest BCUT2D eigenvalue weighted by Gasteiger charge is 2.43. The van der Waals surface area contributed by atoms with E-state index in [1.165, 1.54) is 11.8 Å². The Kier molecular flexibility index (Phi) is 5.44.